The summed E-state index contributed by atoms with van der Waals surface area (Å²) >= 11 is 0. The van der Waals surface area contributed by atoms with Gasteiger partial charge in [0.25, 0.3) is 0 Å². The molecular weight excluding hydrogens is 278 g/mol. The van der Waals surface area contributed by atoms with Crippen molar-refractivity contribution in [3.63, 3.8) is 0 Å². The van der Waals surface area contributed by atoms with Crippen LogP contribution in [0.1, 0.15) is 37.8 Å². The number of carbonyl (C=O) groups excluding carboxylic acids is 1. The fourth-order valence-corrected chi connectivity index (χ4v) is 3.75. The lowest BCUT2D eigenvalue weighted by atomic mass is 10.1. The summed E-state index contributed by atoms with van der Waals surface area (Å²) in [4.78, 5) is 24.8. The number of amides is 1. The van der Waals surface area contributed by atoms with E-state index in [9.17, 15) is 4.79 Å². The average Bonchev–Trinajstić information content (AvgIpc) is 3.07. The molecule has 0 bridgehead atoms. The monoisotopic (exact) mass is 303 g/mol. The summed E-state index contributed by atoms with van der Waals surface area (Å²) in [5.41, 5.74) is 6.59. The average molecular weight is 303 g/mol. The van der Waals surface area contributed by atoms with Crippen molar-refractivity contribution in [3.8, 4) is 0 Å². The molecule has 1 atom stereocenters. The normalized spacial score (nSPS) is 22.5. The lowest BCUT2D eigenvalue weighted by molar-refractivity contribution is -0.129. The van der Waals surface area contributed by atoms with Crippen molar-refractivity contribution in [2.24, 2.45) is 5.92 Å². The van der Waals surface area contributed by atoms with Crippen molar-refractivity contribution in [1.29, 1.82) is 0 Å². The third-order valence-electron chi connectivity index (χ3n) is 4.79. The predicted molar refractivity (Wildman–Crippen MR) is 86.5 cm³/mol. The van der Waals surface area contributed by atoms with Gasteiger partial charge in [0.05, 0.1) is 0 Å². The maximum atomic E-state index is 12.3. The third kappa shape index (κ3) is 3.15. The zero-order valence-electron chi connectivity index (χ0n) is 13.5. The molecule has 6 heteroatoms. The van der Waals surface area contributed by atoms with Crippen LogP contribution >= 0.6 is 0 Å². The molecule has 0 radical (unpaired) electrons. The first kappa shape index (κ1) is 15.1. The van der Waals surface area contributed by atoms with Crippen molar-refractivity contribution in [2.75, 3.05) is 30.8 Å². The molecule has 2 fully saturated rings. The smallest absolute Gasteiger partial charge is 0.223 e. The summed E-state index contributed by atoms with van der Waals surface area (Å²) in [5.74, 6) is 1.83. The standard InChI is InChI=1S/C16H25N5O/c1-11-7-14(19-16(17)18-11)20(2)9-12-8-15(22)21(10-12)13-5-3-4-6-13/h7,12-13H,3-6,8-10H2,1-2H3,(H2,17,18,19). The summed E-state index contributed by atoms with van der Waals surface area (Å²) in [7, 11) is 2.00. The molecule has 2 aliphatic rings. The van der Waals surface area contributed by atoms with Crippen molar-refractivity contribution in [2.45, 2.75) is 45.1 Å². The highest BCUT2D eigenvalue weighted by atomic mass is 16.2. The molecule has 120 valence electrons. The second-order valence-electron chi connectivity index (χ2n) is 6.66. The summed E-state index contributed by atoms with van der Waals surface area (Å²) in [6, 6.07) is 2.42. The van der Waals surface area contributed by atoms with Gasteiger partial charge in [-0.1, -0.05) is 12.8 Å². The molecule has 1 aromatic heterocycles. The minimum atomic E-state index is 0.303. The number of nitrogen functional groups attached to an aromatic ring is 1. The molecule has 1 saturated carbocycles. The van der Waals surface area contributed by atoms with Crippen molar-refractivity contribution in [1.82, 2.24) is 14.9 Å². The number of anilines is 2. The Bertz CT molecular complexity index is 535. The number of likely N-dealkylation sites (tertiary alicyclic amines) is 1. The van der Waals surface area contributed by atoms with Gasteiger partial charge in [-0.2, -0.15) is 4.98 Å². The van der Waals surface area contributed by atoms with Crippen LogP contribution in [-0.4, -0.2) is 47.0 Å². The van der Waals surface area contributed by atoms with Gasteiger partial charge >= 0.3 is 0 Å². The number of nitrogens with two attached hydrogens (primary N) is 1. The Hall–Kier alpha value is -1.85. The van der Waals surface area contributed by atoms with Gasteiger partial charge in [0.1, 0.15) is 5.82 Å². The van der Waals surface area contributed by atoms with Gasteiger partial charge in [-0.05, 0) is 19.8 Å². The molecule has 1 aliphatic carbocycles. The maximum absolute atomic E-state index is 12.3. The molecule has 1 saturated heterocycles. The second kappa shape index (κ2) is 6.10. The van der Waals surface area contributed by atoms with Gasteiger partial charge in [0.15, 0.2) is 0 Å². The van der Waals surface area contributed by atoms with Gasteiger partial charge in [-0.25, -0.2) is 4.98 Å². The summed E-state index contributed by atoms with van der Waals surface area (Å²) in [6.45, 7) is 3.62. The van der Waals surface area contributed by atoms with Crippen LogP contribution in [0.5, 0.6) is 0 Å². The van der Waals surface area contributed by atoms with E-state index in [-0.39, 0.29) is 0 Å². The molecule has 2 N–H and O–H groups in total. The molecule has 1 aromatic rings. The lowest BCUT2D eigenvalue weighted by Gasteiger charge is -2.25. The minimum Gasteiger partial charge on any atom is -0.368 e. The maximum Gasteiger partial charge on any atom is 0.223 e. The Balaban J connectivity index is 1.62. The van der Waals surface area contributed by atoms with E-state index in [1.165, 1.54) is 25.7 Å². The molecule has 1 amide bonds. The molecule has 22 heavy (non-hydrogen) atoms. The first-order valence-corrected chi connectivity index (χ1v) is 8.14. The Labute approximate surface area is 131 Å². The third-order valence-corrected chi connectivity index (χ3v) is 4.79. The van der Waals surface area contributed by atoms with E-state index in [0.717, 1.165) is 24.6 Å². The topological polar surface area (TPSA) is 75.4 Å². The fraction of sp³-hybridized carbons (Fsp3) is 0.688. The second-order valence-corrected chi connectivity index (χ2v) is 6.66. The Morgan fingerprint density at radius 3 is 2.77 bits per heavy atom. The molecule has 3 rings (SSSR count). The van der Waals surface area contributed by atoms with Crippen LogP contribution in [0.4, 0.5) is 11.8 Å². The highest BCUT2D eigenvalue weighted by molar-refractivity contribution is 5.79. The van der Waals surface area contributed by atoms with Gasteiger partial charge in [0.2, 0.25) is 11.9 Å². The van der Waals surface area contributed by atoms with Crippen LogP contribution in [0.15, 0.2) is 6.07 Å². The SMILES string of the molecule is Cc1cc(N(C)CC2CC(=O)N(C3CCCC3)C2)nc(N)n1. The number of aryl methyl sites for hydroxylation is 1. The fourth-order valence-electron chi connectivity index (χ4n) is 3.75. The first-order valence-electron chi connectivity index (χ1n) is 8.14. The number of hydrogen-bond donors (Lipinski definition) is 1. The quantitative estimate of drug-likeness (QED) is 0.914. The van der Waals surface area contributed by atoms with Crippen LogP contribution in [0, 0.1) is 12.8 Å². The summed E-state index contributed by atoms with van der Waals surface area (Å²) in [6.07, 6.45) is 5.53. The van der Waals surface area contributed by atoms with E-state index in [1.54, 1.807) is 0 Å². The van der Waals surface area contributed by atoms with Gasteiger partial charge < -0.3 is 15.5 Å². The molecule has 6 nitrogen and oxygen atoms in total. The van der Waals surface area contributed by atoms with Crippen LogP contribution in [0.3, 0.4) is 0 Å². The van der Waals surface area contributed by atoms with Crippen LogP contribution in [-0.2, 0) is 4.79 Å². The molecule has 1 aliphatic heterocycles. The summed E-state index contributed by atoms with van der Waals surface area (Å²) in [5, 5.41) is 0. The van der Waals surface area contributed by atoms with Gasteiger partial charge in [-0.3, -0.25) is 4.79 Å². The summed E-state index contributed by atoms with van der Waals surface area (Å²) < 4.78 is 0. The van der Waals surface area contributed by atoms with Crippen molar-refractivity contribution < 1.29 is 4.79 Å². The molecule has 1 unspecified atom stereocenters. The lowest BCUT2D eigenvalue weighted by Crippen LogP contribution is -2.35. The zero-order chi connectivity index (χ0) is 15.7. The molecule has 0 aromatic carbocycles. The Morgan fingerprint density at radius 2 is 2.09 bits per heavy atom. The van der Waals surface area contributed by atoms with Crippen molar-refractivity contribution >= 4 is 17.7 Å². The van der Waals surface area contributed by atoms with E-state index < -0.39 is 0 Å². The number of aromatic nitrogens is 2. The number of rotatable bonds is 4. The number of nitrogens with zero attached hydrogens (tertiary/aromatic N) is 4. The highest BCUT2D eigenvalue weighted by Crippen LogP contribution is 2.30. The predicted octanol–water partition coefficient (Wildman–Crippen LogP) is 1.59. The van der Waals surface area contributed by atoms with Gasteiger partial charge in [0, 0.05) is 50.3 Å². The highest BCUT2D eigenvalue weighted by Gasteiger charge is 2.35. The number of carbonyl (C=O) groups is 1. The first-order chi connectivity index (χ1) is 10.5. The van der Waals surface area contributed by atoms with Gasteiger partial charge in [-0.15, -0.1) is 0 Å². The zero-order valence-corrected chi connectivity index (χ0v) is 13.5. The van der Waals surface area contributed by atoms with E-state index in [4.69, 9.17) is 5.73 Å². The molecular formula is C16H25N5O. The molecule has 0 spiro atoms. The van der Waals surface area contributed by atoms with E-state index in [2.05, 4.69) is 19.8 Å². The molecule has 2 heterocycles. The van der Waals surface area contributed by atoms with Crippen LogP contribution in [0.2, 0.25) is 0 Å². The van der Waals surface area contributed by atoms with E-state index in [0.29, 0.717) is 30.2 Å². The minimum absolute atomic E-state index is 0.303. The number of hydrogen-bond acceptors (Lipinski definition) is 5. The van der Waals surface area contributed by atoms with Crippen molar-refractivity contribution in [3.05, 3.63) is 11.8 Å². The van der Waals surface area contributed by atoms with E-state index in [1.807, 2.05) is 20.0 Å². The van der Waals surface area contributed by atoms with E-state index >= 15 is 0 Å². The van der Waals surface area contributed by atoms with Crippen LogP contribution in [0.25, 0.3) is 0 Å². The Kier molecular flexibility index (Phi) is 4.18. The van der Waals surface area contributed by atoms with Crippen LogP contribution < -0.4 is 10.6 Å². The Morgan fingerprint density at radius 1 is 1.36 bits per heavy atom. The largest absolute Gasteiger partial charge is 0.368 e.